The first-order chi connectivity index (χ1) is 15.2. The van der Waals surface area contributed by atoms with Gasteiger partial charge in [-0.15, -0.1) is 12.4 Å². The molecule has 2 saturated heterocycles. The van der Waals surface area contributed by atoms with Gasteiger partial charge in [0.1, 0.15) is 11.6 Å². The van der Waals surface area contributed by atoms with E-state index in [9.17, 15) is 0 Å². The Morgan fingerprint density at radius 1 is 0.969 bits per heavy atom. The van der Waals surface area contributed by atoms with Crippen molar-refractivity contribution in [2.45, 2.75) is 38.1 Å². The SMILES string of the molecule is Cc1nc(N2CCN(C)CC2)c2nc(-c3ccccc3C3CC3)n([C@@H]3CCOC3)c2n1.Cl. The summed E-state index contributed by atoms with van der Waals surface area (Å²) in [7, 11) is 2.18. The molecular formula is C24H31ClN6O. The smallest absolute Gasteiger partial charge is 0.166 e. The van der Waals surface area contributed by atoms with Crippen molar-refractivity contribution in [1.29, 1.82) is 0 Å². The van der Waals surface area contributed by atoms with Crippen LogP contribution in [0.25, 0.3) is 22.6 Å². The van der Waals surface area contributed by atoms with Crippen molar-refractivity contribution in [3.8, 4) is 11.4 Å². The lowest BCUT2D eigenvalue weighted by Crippen LogP contribution is -2.45. The van der Waals surface area contributed by atoms with Crippen LogP contribution >= 0.6 is 12.4 Å². The van der Waals surface area contributed by atoms with E-state index >= 15 is 0 Å². The molecule has 0 N–H and O–H groups in total. The second kappa shape index (κ2) is 8.61. The summed E-state index contributed by atoms with van der Waals surface area (Å²) in [6.07, 6.45) is 3.54. The van der Waals surface area contributed by atoms with Crippen LogP contribution in [0.4, 0.5) is 5.82 Å². The monoisotopic (exact) mass is 454 g/mol. The predicted molar refractivity (Wildman–Crippen MR) is 129 cm³/mol. The molecule has 3 aliphatic rings. The van der Waals surface area contributed by atoms with E-state index in [1.54, 1.807) is 0 Å². The highest BCUT2D eigenvalue weighted by Gasteiger charge is 2.32. The van der Waals surface area contributed by atoms with Crippen LogP contribution in [-0.2, 0) is 4.74 Å². The largest absolute Gasteiger partial charge is 0.379 e. The van der Waals surface area contributed by atoms with Gasteiger partial charge in [-0.1, -0.05) is 24.3 Å². The van der Waals surface area contributed by atoms with E-state index in [0.717, 1.165) is 74.4 Å². The Bertz CT molecular complexity index is 1110. The zero-order valence-corrected chi connectivity index (χ0v) is 19.6. The number of ether oxygens (including phenoxy) is 1. The fourth-order valence-corrected chi connectivity index (χ4v) is 5.02. The van der Waals surface area contributed by atoms with Crippen LogP contribution in [0, 0.1) is 6.92 Å². The normalized spacial score (nSPS) is 21.8. The van der Waals surface area contributed by atoms with Crippen molar-refractivity contribution in [3.05, 3.63) is 35.7 Å². The third kappa shape index (κ3) is 3.76. The Balaban J connectivity index is 0.00000216. The molecule has 1 aromatic carbocycles. The number of imidazole rings is 1. The Morgan fingerprint density at radius 2 is 1.75 bits per heavy atom. The maximum Gasteiger partial charge on any atom is 0.166 e. The van der Waals surface area contributed by atoms with E-state index in [1.165, 1.54) is 24.0 Å². The van der Waals surface area contributed by atoms with Gasteiger partial charge < -0.3 is 19.1 Å². The molecule has 3 aromatic rings. The number of aromatic nitrogens is 4. The van der Waals surface area contributed by atoms with Gasteiger partial charge in [0, 0.05) is 38.3 Å². The third-order valence-corrected chi connectivity index (χ3v) is 6.93. The van der Waals surface area contributed by atoms with E-state index in [2.05, 4.69) is 45.7 Å². The molecule has 4 heterocycles. The Hall–Kier alpha value is -2.22. The van der Waals surface area contributed by atoms with E-state index in [1.807, 2.05) is 6.92 Å². The first kappa shape index (κ1) is 21.6. The van der Waals surface area contributed by atoms with Crippen LogP contribution in [0.1, 0.15) is 42.6 Å². The van der Waals surface area contributed by atoms with Crippen LogP contribution in [0.15, 0.2) is 24.3 Å². The number of fused-ring (bicyclic) bond motifs is 1. The Labute approximate surface area is 195 Å². The van der Waals surface area contributed by atoms with Gasteiger partial charge in [0.2, 0.25) is 0 Å². The number of hydrogen-bond acceptors (Lipinski definition) is 6. The average molecular weight is 455 g/mol. The lowest BCUT2D eigenvalue weighted by molar-refractivity contribution is 0.187. The number of aryl methyl sites for hydroxylation is 1. The second-order valence-electron chi connectivity index (χ2n) is 9.24. The van der Waals surface area contributed by atoms with Gasteiger partial charge in [-0.2, -0.15) is 0 Å². The van der Waals surface area contributed by atoms with Crippen molar-refractivity contribution >= 4 is 29.4 Å². The van der Waals surface area contributed by atoms with Crippen LogP contribution in [0.2, 0.25) is 0 Å². The molecule has 0 unspecified atom stereocenters. The summed E-state index contributed by atoms with van der Waals surface area (Å²) in [6.45, 7) is 7.53. The third-order valence-electron chi connectivity index (χ3n) is 6.93. The molecule has 8 heteroatoms. The molecule has 2 aliphatic heterocycles. The molecule has 32 heavy (non-hydrogen) atoms. The van der Waals surface area contributed by atoms with Gasteiger partial charge in [-0.25, -0.2) is 15.0 Å². The maximum absolute atomic E-state index is 5.79. The molecule has 0 spiro atoms. The number of likely N-dealkylation sites (N-methyl/N-ethyl adjacent to an activating group) is 1. The summed E-state index contributed by atoms with van der Waals surface area (Å²) in [5.41, 5.74) is 4.56. The second-order valence-corrected chi connectivity index (χ2v) is 9.24. The van der Waals surface area contributed by atoms with Gasteiger partial charge in [0.25, 0.3) is 0 Å². The van der Waals surface area contributed by atoms with Crippen LogP contribution in [0.5, 0.6) is 0 Å². The minimum atomic E-state index is 0. The Morgan fingerprint density at radius 3 is 2.47 bits per heavy atom. The van der Waals surface area contributed by atoms with Gasteiger partial charge in [0.05, 0.1) is 12.6 Å². The highest BCUT2D eigenvalue weighted by molar-refractivity contribution is 5.88. The quantitative estimate of drug-likeness (QED) is 0.597. The van der Waals surface area contributed by atoms with Crippen molar-refractivity contribution in [2.75, 3.05) is 51.3 Å². The van der Waals surface area contributed by atoms with E-state index in [0.29, 0.717) is 5.92 Å². The summed E-state index contributed by atoms with van der Waals surface area (Å²) in [6, 6.07) is 9.07. The zero-order valence-electron chi connectivity index (χ0n) is 18.8. The first-order valence-corrected chi connectivity index (χ1v) is 11.6. The predicted octanol–water partition coefficient (Wildman–Crippen LogP) is 3.81. The number of benzene rings is 1. The van der Waals surface area contributed by atoms with Crippen molar-refractivity contribution in [1.82, 2.24) is 24.4 Å². The molecule has 3 fully saturated rings. The van der Waals surface area contributed by atoms with Crippen molar-refractivity contribution in [2.24, 2.45) is 0 Å². The van der Waals surface area contributed by atoms with Gasteiger partial charge in [-0.3, -0.25) is 0 Å². The zero-order chi connectivity index (χ0) is 20.9. The number of rotatable bonds is 4. The molecule has 0 amide bonds. The fraction of sp³-hybridized carbons (Fsp3) is 0.542. The van der Waals surface area contributed by atoms with Crippen LogP contribution < -0.4 is 4.90 Å². The van der Waals surface area contributed by atoms with E-state index in [4.69, 9.17) is 19.7 Å². The summed E-state index contributed by atoms with van der Waals surface area (Å²) in [5.74, 6) is 3.49. The lowest BCUT2D eigenvalue weighted by Gasteiger charge is -2.33. The van der Waals surface area contributed by atoms with Crippen molar-refractivity contribution in [3.63, 3.8) is 0 Å². The van der Waals surface area contributed by atoms with Crippen LogP contribution in [-0.4, -0.2) is 70.9 Å². The minimum Gasteiger partial charge on any atom is -0.379 e. The molecule has 2 aromatic heterocycles. The topological polar surface area (TPSA) is 59.3 Å². The molecule has 7 nitrogen and oxygen atoms in total. The fourth-order valence-electron chi connectivity index (χ4n) is 5.02. The molecular weight excluding hydrogens is 424 g/mol. The first-order valence-electron chi connectivity index (χ1n) is 11.6. The van der Waals surface area contributed by atoms with Crippen LogP contribution in [0.3, 0.4) is 0 Å². The molecule has 0 radical (unpaired) electrons. The lowest BCUT2D eigenvalue weighted by atomic mass is 10.0. The molecule has 170 valence electrons. The van der Waals surface area contributed by atoms with Gasteiger partial charge >= 0.3 is 0 Å². The highest BCUT2D eigenvalue weighted by atomic mass is 35.5. The van der Waals surface area contributed by atoms with Gasteiger partial charge in [-0.05, 0) is 44.7 Å². The number of halogens is 1. The molecule has 6 rings (SSSR count). The maximum atomic E-state index is 5.79. The summed E-state index contributed by atoms with van der Waals surface area (Å²) in [4.78, 5) is 19.8. The molecule has 1 aliphatic carbocycles. The highest BCUT2D eigenvalue weighted by Crippen LogP contribution is 2.45. The van der Waals surface area contributed by atoms with E-state index < -0.39 is 0 Å². The van der Waals surface area contributed by atoms with Crippen molar-refractivity contribution < 1.29 is 4.74 Å². The number of anilines is 1. The average Bonchev–Trinajstić information content (AvgIpc) is 3.35. The molecule has 0 bridgehead atoms. The standard InChI is InChI=1S/C24H30N6O.ClH/c1-16-25-23(29-12-10-28(2)11-13-29)21-24(26-16)30(18-9-14-31-15-18)22(27-21)20-6-4-3-5-19(20)17-7-8-17;/h3-6,17-18H,7-15H2,1-2H3;1H/t18-;/m1./s1. The summed E-state index contributed by atoms with van der Waals surface area (Å²) in [5, 5.41) is 0. The molecule has 1 atom stereocenters. The van der Waals surface area contributed by atoms with Gasteiger partial charge in [0.15, 0.2) is 17.0 Å². The summed E-state index contributed by atoms with van der Waals surface area (Å²) < 4.78 is 8.15. The molecule has 1 saturated carbocycles. The Kier molecular flexibility index (Phi) is 5.82. The minimum absolute atomic E-state index is 0. The number of piperazine rings is 1. The number of nitrogens with zero attached hydrogens (tertiary/aromatic N) is 6. The number of hydrogen-bond donors (Lipinski definition) is 0. The van der Waals surface area contributed by atoms with E-state index in [-0.39, 0.29) is 18.4 Å². The summed E-state index contributed by atoms with van der Waals surface area (Å²) >= 11 is 0.